The summed E-state index contributed by atoms with van der Waals surface area (Å²) in [6.07, 6.45) is 4.54. The molecule has 0 saturated carbocycles. The van der Waals surface area contributed by atoms with Crippen LogP contribution in [0.2, 0.25) is 0 Å². The predicted molar refractivity (Wildman–Crippen MR) is 115 cm³/mol. The van der Waals surface area contributed by atoms with E-state index >= 15 is 0 Å². The number of aromatic amines is 1. The van der Waals surface area contributed by atoms with Gasteiger partial charge in [0.15, 0.2) is 0 Å². The van der Waals surface area contributed by atoms with Gasteiger partial charge in [-0.15, -0.1) is 0 Å². The number of anilines is 1. The molecule has 0 saturated heterocycles. The fraction of sp³-hybridized carbons (Fsp3) is 0.261. The molecule has 1 aliphatic rings. The number of nitrogens with one attached hydrogen (secondary N) is 1. The highest BCUT2D eigenvalue weighted by Gasteiger charge is 2.32. The first kappa shape index (κ1) is 19.2. The van der Waals surface area contributed by atoms with Gasteiger partial charge in [-0.1, -0.05) is 0 Å². The molecule has 0 bridgehead atoms. The molecule has 2 heterocycles. The third-order valence-corrected chi connectivity index (χ3v) is 5.22. The monoisotopic (exact) mass is 393 g/mol. The first-order chi connectivity index (χ1) is 14.0. The third-order valence-electron chi connectivity index (χ3n) is 5.22. The van der Waals surface area contributed by atoms with Gasteiger partial charge in [-0.2, -0.15) is 0 Å². The molecule has 150 valence electrons. The molecule has 2 aromatic carbocycles. The molecule has 29 heavy (non-hydrogen) atoms. The van der Waals surface area contributed by atoms with Crippen molar-refractivity contribution in [3.63, 3.8) is 0 Å². The molecule has 5 nitrogen and oxygen atoms in total. The van der Waals surface area contributed by atoms with E-state index < -0.39 is 0 Å². The Morgan fingerprint density at radius 2 is 2.03 bits per heavy atom. The molecule has 0 atom stereocenters. The van der Waals surface area contributed by atoms with Gasteiger partial charge in [-0.05, 0) is 69.5 Å². The Bertz CT molecular complexity index is 1100. The summed E-state index contributed by atoms with van der Waals surface area (Å²) in [6, 6.07) is 10.3. The van der Waals surface area contributed by atoms with Crippen LogP contribution >= 0.6 is 0 Å². The number of H-pyrrole nitrogens is 1. The average Bonchev–Trinajstić information content (AvgIpc) is 3.21. The van der Waals surface area contributed by atoms with E-state index in [1.165, 1.54) is 12.1 Å². The van der Waals surface area contributed by atoms with E-state index in [0.29, 0.717) is 17.7 Å². The summed E-state index contributed by atoms with van der Waals surface area (Å²) in [5, 5.41) is 0.952. The highest BCUT2D eigenvalue weighted by atomic mass is 19.1. The van der Waals surface area contributed by atoms with Crippen molar-refractivity contribution in [2.24, 2.45) is 0 Å². The number of carbonyl (C=O) groups excluding carboxylic acids is 1. The second kappa shape index (κ2) is 7.72. The Morgan fingerprint density at radius 3 is 2.79 bits per heavy atom. The molecule has 3 aromatic rings. The highest BCUT2D eigenvalue weighted by molar-refractivity contribution is 6.36. The first-order valence-corrected chi connectivity index (χ1v) is 9.61. The summed E-state index contributed by atoms with van der Waals surface area (Å²) < 4.78 is 19.3. The van der Waals surface area contributed by atoms with E-state index in [1.807, 2.05) is 44.6 Å². The number of nitrogens with zero attached hydrogens (tertiary/aromatic N) is 2. The van der Waals surface area contributed by atoms with Gasteiger partial charge in [0.05, 0.1) is 12.8 Å². The number of ether oxygens (including phenoxy) is 1. The number of hydrogen-bond acceptors (Lipinski definition) is 3. The minimum atomic E-state index is -0.349. The summed E-state index contributed by atoms with van der Waals surface area (Å²) in [5.74, 6) is 0.297. The maximum atomic E-state index is 14.0. The maximum Gasteiger partial charge on any atom is 0.258 e. The van der Waals surface area contributed by atoms with Gasteiger partial charge < -0.3 is 19.5 Å². The lowest BCUT2D eigenvalue weighted by molar-refractivity contribution is -0.113. The van der Waals surface area contributed by atoms with E-state index in [1.54, 1.807) is 18.1 Å². The van der Waals surface area contributed by atoms with Crippen LogP contribution in [-0.4, -0.2) is 50.1 Å². The zero-order valence-electron chi connectivity index (χ0n) is 16.8. The Balaban J connectivity index is 1.75. The number of methoxy groups -OCH3 is 1. The number of amides is 1. The standard InChI is InChI=1S/C23H24FN3O2/c1-26(2)9-4-10-27-22-8-5-16(24)12-19(22)20(23(27)28)11-15-14-25-21-7-6-17(29-3)13-18(15)21/h5-8,11-14,25H,4,9-10H2,1-3H3/b20-11-. The molecular weight excluding hydrogens is 369 g/mol. The first-order valence-electron chi connectivity index (χ1n) is 9.61. The lowest BCUT2D eigenvalue weighted by Gasteiger charge is -2.18. The highest BCUT2D eigenvalue weighted by Crippen LogP contribution is 2.39. The molecule has 1 N–H and O–H groups in total. The largest absolute Gasteiger partial charge is 0.497 e. The lowest BCUT2D eigenvalue weighted by Crippen LogP contribution is -2.29. The SMILES string of the molecule is COc1ccc2[nH]cc(/C=C3\C(=O)N(CCCN(C)C)c4ccc(F)cc43)c2c1. The quantitative estimate of drug-likeness (QED) is 0.640. The van der Waals surface area contributed by atoms with Gasteiger partial charge in [0.2, 0.25) is 0 Å². The van der Waals surface area contributed by atoms with Crippen LogP contribution in [0, 0.1) is 5.82 Å². The van der Waals surface area contributed by atoms with Crippen LogP contribution in [0.3, 0.4) is 0 Å². The van der Waals surface area contributed by atoms with E-state index in [0.717, 1.165) is 40.9 Å². The molecule has 1 aromatic heterocycles. The van der Waals surface area contributed by atoms with Crippen LogP contribution in [0.15, 0.2) is 42.6 Å². The molecule has 0 spiro atoms. The number of aromatic nitrogens is 1. The minimum absolute atomic E-state index is 0.0957. The van der Waals surface area contributed by atoms with E-state index in [9.17, 15) is 9.18 Å². The van der Waals surface area contributed by atoms with E-state index in [-0.39, 0.29) is 11.7 Å². The van der Waals surface area contributed by atoms with Gasteiger partial charge in [0, 0.05) is 40.3 Å². The number of benzene rings is 2. The number of fused-ring (bicyclic) bond motifs is 2. The predicted octanol–water partition coefficient (Wildman–Crippen LogP) is 4.15. The third kappa shape index (κ3) is 3.63. The lowest BCUT2D eigenvalue weighted by atomic mass is 10.0. The molecule has 4 rings (SSSR count). The number of carbonyl (C=O) groups is 1. The Hall–Kier alpha value is -3.12. The Morgan fingerprint density at radius 1 is 1.21 bits per heavy atom. The van der Waals surface area contributed by atoms with Gasteiger partial charge >= 0.3 is 0 Å². The molecular formula is C23H24FN3O2. The second-order valence-corrected chi connectivity index (χ2v) is 7.49. The molecule has 1 aliphatic heterocycles. The van der Waals surface area contributed by atoms with Crippen molar-refractivity contribution in [2.45, 2.75) is 6.42 Å². The molecule has 0 unspecified atom stereocenters. The zero-order chi connectivity index (χ0) is 20.5. The fourth-order valence-electron chi connectivity index (χ4n) is 3.76. The van der Waals surface area contributed by atoms with E-state index in [2.05, 4.69) is 9.88 Å². The fourth-order valence-corrected chi connectivity index (χ4v) is 3.76. The average molecular weight is 393 g/mol. The summed E-state index contributed by atoms with van der Waals surface area (Å²) in [6.45, 7) is 1.47. The summed E-state index contributed by atoms with van der Waals surface area (Å²) in [5.41, 5.74) is 3.72. The van der Waals surface area contributed by atoms with Gasteiger partial charge in [0.25, 0.3) is 5.91 Å². The van der Waals surface area contributed by atoms with Crippen LogP contribution in [0.4, 0.5) is 10.1 Å². The normalized spacial score (nSPS) is 15.0. The van der Waals surface area contributed by atoms with Crippen molar-refractivity contribution in [1.82, 2.24) is 9.88 Å². The molecule has 6 heteroatoms. The van der Waals surface area contributed by atoms with Gasteiger partial charge in [0.1, 0.15) is 11.6 Å². The summed E-state index contributed by atoms with van der Waals surface area (Å²) >= 11 is 0. The van der Waals surface area contributed by atoms with Gasteiger partial charge in [-0.25, -0.2) is 4.39 Å². The Kier molecular flexibility index (Phi) is 5.11. The van der Waals surface area contributed by atoms with E-state index in [4.69, 9.17) is 4.74 Å². The maximum absolute atomic E-state index is 14.0. The zero-order valence-corrected chi connectivity index (χ0v) is 16.8. The number of halogens is 1. The van der Waals surface area contributed by atoms with Gasteiger partial charge in [-0.3, -0.25) is 4.79 Å². The van der Waals surface area contributed by atoms with Crippen LogP contribution < -0.4 is 9.64 Å². The van der Waals surface area contributed by atoms with Crippen molar-refractivity contribution in [3.05, 3.63) is 59.5 Å². The molecule has 0 aliphatic carbocycles. The van der Waals surface area contributed by atoms with Crippen LogP contribution in [0.5, 0.6) is 5.75 Å². The second-order valence-electron chi connectivity index (χ2n) is 7.49. The summed E-state index contributed by atoms with van der Waals surface area (Å²) in [7, 11) is 5.63. The summed E-state index contributed by atoms with van der Waals surface area (Å²) in [4.78, 5) is 20.3. The number of hydrogen-bond donors (Lipinski definition) is 1. The van der Waals surface area contributed by atoms with Crippen molar-refractivity contribution >= 4 is 34.1 Å². The Labute approximate surface area is 169 Å². The molecule has 1 amide bonds. The topological polar surface area (TPSA) is 48.6 Å². The van der Waals surface area contributed by atoms with Crippen LogP contribution in [0.1, 0.15) is 17.5 Å². The van der Waals surface area contributed by atoms with Crippen molar-refractivity contribution in [2.75, 3.05) is 39.2 Å². The van der Waals surface area contributed by atoms with Crippen LogP contribution in [0.25, 0.3) is 22.6 Å². The number of rotatable bonds is 6. The van der Waals surface area contributed by atoms with Crippen molar-refractivity contribution in [1.29, 1.82) is 0 Å². The smallest absolute Gasteiger partial charge is 0.258 e. The van der Waals surface area contributed by atoms with Crippen molar-refractivity contribution < 1.29 is 13.9 Å². The molecule has 0 radical (unpaired) electrons. The minimum Gasteiger partial charge on any atom is -0.497 e. The van der Waals surface area contributed by atoms with Crippen molar-refractivity contribution in [3.8, 4) is 5.75 Å². The van der Waals surface area contributed by atoms with Crippen LogP contribution in [-0.2, 0) is 4.79 Å². The molecule has 0 fully saturated rings.